The summed E-state index contributed by atoms with van der Waals surface area (Å²) in [4.78, 5) is 11.8. The van der Waals surface area contributed by atoms with Gasteiger partial charge >= 0.3 is 0 Å². The highest BCUT2D eigenvalue weighted by Gasteiger charge is 2.07. The normalized spacial score (nSPS) is 9.35. The van der Waals surface area contributed by atoms with Gasteiger partial charge in [-0.25, -0.2) is 0 Å². The lowest BCUT2D eigenvalue weighted by molar-refractivity contribution is -0.112. The Morgan fingerprint density at radius 1 is 1.35 bits per heavy atom. The van der Waals surface area contributed by atoms with Crippen LogP contribution in [-0.4, -0.2) is 5.91 Å². The van der Waals surface area contributed by atoms with Crippen molar-refractivity contribution < 1.29 is 4.79 Å². The minimum atomic E-state index is -0.170. The predicted octanol–water partition coefficient (Wildman–Crippen LogP) is 3.51. The van der Waals surface area contributed by atoms with E-state index in [1.807, 2.05) is 19.9 Å². The van der Waals surface area contributed by atoms with Crippen LogP contribution in [0.2, 0.25) is 5.02 Å². The quantitative estimate of drug-likeness (QED) is 0.815. The maximum absolute atomic E-state index is 11.8. The molecule has 0 bridgehead atoms. The molecule has 0 aliphatic heterocycles. The Labute approximate surface area is 106 Å². The highest BCUT2D eigenvalue weighted by atomic mass is 35.5. The van der Waals surface area contributed by atoms with Gasteiger partial charge in [-0.2, -0.15) is 5.26 Å². The lowest BCUT2D eigenvalue weighted by Gasteiger charge is -2.07. The van der Waals surface area contributed by atoms with E-state index in [0.29, 0.717) is 21.8 Å². The second-order valence-corrected chi connectivity index (χ2v) is 4.29. The van der Waals surface area contributed by atoms with Crippen LogP contribution in [0.25, 0.3) is 0 Å². The standard InChI is InChI=1S/C13H13ClN2O/c1-8(2)9(3)13(17)16-11-4-5-12(14)10(6-11)7-15/h4-6H,1-3H3,(H,16,17). The smallest absolute Gasteiger partial charge is 0.251 e. The summed E-state index contributed by atoms with van der Waals surface area (Å²) >= 11 is 5.80. The van der Waals surface area contributed by atoms with Gasteiger partial charge in [0, 0.05) is 11.3 Å². The van der Waals surface area contributed by atoms with Crippen molar-refractivity contribution in [3.8, 4) is 6.07 Å². The monoisotopic (exact) mass is 248 g/mol. The Kier molecular flexibility index (Phi) is 4.30. The molecule has 0 heterocycles. The molecule has 0 unspecified atom stereocenters. The van der Waals surface area contributed by atoms with Gasteiger partial charge in [0.2, 0.25) is 0 Å². The van der Waals surface area contributed by atoms with E-state index in [1.165, 1.54) is 0 Å². The minimum Gasteiger partial charge on any atom is -0.322 e. The van der Waals surface area contributed by atoms with Crippen LogP contribution in [0.15, 0.2) is 29.3 Å². The summed E-state index contributed by atoms with van der Waals surface area (Å²) in [5.74, 6) is -0.170. The molecular weight excluding hydrogens is 236 g/mol. The van der Waals surface area contributed by atoms with E-state index in [-0.39, 0.29) is 5.91 Å². The van der Waals surface area contributed by atoms with E-state index in [4.69, 9.17) is 16.9 Å². The molecule has 0 fully saturated rings. The molecule has 0 aliphatic rings. The van der Waals surface area contributed by atoms with Crippen LogP contribution in [0.1, 0.15) is 26.3 Å². The zero-order valence-electron chi connectivity index (χ0n) is 9.97. The Hall–Kier alpha value is -1.79. The molecule has 1 aromatic rings. The second kappa shape index (κ2) is 5.51. The third kappa shape index (κ3) is 3.33. The van der Waals surface area contributed by atoms with Crippen molar-refractivity contribution >= 4 is 23.2 Å². The molecule has 0 saturated carbocycles. The van der Waals surface area contributed by atoms with Gasteiger partial charge in [0.15, 0.2) is 0 Å². The van der Waals surface area contributed by atoms with Crippen LogP contribution in [0.3, 0.4) is 0 Å². The first-order chi connectivity index (χ1) is 7.95. The van der Waals surface area contributed by atoms with E-state index in [1.54, 1.807) is 25.1 Å². The summed E-state index contributed by atoms with van der Waals surface area (Å²) in [6.45, 7) is 5.50. The molecule has 0 atom stereocenters. The number of hydrogen-bond donors (Lipinski definition) is 1. The average molecular weight is 249 g/mol. The molecule has 17 heavy (non-hydrogen) atoms. The van der Waals surface area contributed by atoms with Gasteiger partial charge in [-0.3, -0.25) is 4.79 Å². The second-order valence-electron chi connectivity index (χ2n) is 3.89. The summed E-state index contributed by atoms with van der Waals surface area (Å²) in [7, 11) is 0. The zero-order chi connectivity index (χ0) is 13.0. The molecule has 1 N–H and O–H groups in total. The number of hydrogen-bond acceptors (Lipinski definition) is 2. The highest BCUT2D eigenvalue weighted by molar-refractivity contribution is 6.31. The molecule has 3 nitrogen and oxygen atoms in total. The summed E-state index contributed by atoms with van der Waals surface area (Å²) in [6.07, 6.45) is 0. The Bertz CT molecular complexity index is 523. The fourth-order valence-corrected chi connectivity index (χ4v) is 1.30. The van der Waals surface area contributed by atoms with Crippen molar-refractivity contribution in [3.63, 3.8) is 0 Å². The number of anilines is 1. The molecule has 88 valence electrons. The molecular formula is C13H13ClN2O. The first-order valence-corrected chi connectivity index (χ1v) is 5.48. The predicted molar refractivity (Wildman–Crippen MR) is 68.8 cm³/mol. The lowest BCUT2D eigenvalue weighted by atomic mass is 10.1. The molecule has 0 aromatic heterocycles. The fraction of sp³-hybridized carbons (Fsp3) is 0.231. The van der Waals surface area contributed by atoms with Crippen LogP contribution in [0, 0.1) is 11.3 Å². The number of carbonyl (C=O) groups is 1. The van der Waals surface area contributed by atoms with E-state index in [0.717, 1.165) is 5.57 Å². The molecule has 1 rings (SSSR count). The van der Waals surface area contributed by atoms with Crippen LogP contribution < -0.4 is 5.32 Å². The van der Waals surface area contributed by atoms with Crippen molar-refractivity contribution in [3.05, 3.63) is 39.9 Å². The summed E-state index contributed by atoms with van der Waals surface area (Å²) < 4.78 is 0. The number of benzene rings is 1. The maximum atomic E-state index is 11.8. The Morgan fingerprint density at radius 3 is 2.53 bits per heavy atom. The molecule has 0 saturated heterocycles. The van der Waals surface area contributed by atoms with Gasteiger partial charge in [0.05, 0.1) is 10.6 Å². The van der Waals surface area contributed by atoms with E-state index < -0.39 is 0 Å². The van der Waals surface area contributed by atoms with Gasteiger partial charge in [-0.05, 0) is 39.0 Å². The minimum absolute atomic E-state index is 0.170. The number of amides is 1. The molecule has 4 heteroatoms. The fourth-order valence-electron chi connectivity index (χ4n) is 1.14. The van der Waals surface area contributed by atoms with Crippen molar-refractivity contribution in [1.29, 1.82) is 5.26 Å². The van der Waals surface area contributed by atoms with Gasteiger partial charge in [-0.1, -0.05) is 17.2 Å². The SMILES string of the molecule is CC(C)=C(C)C(=O)Nc1ccc(Cl)c(C#N)c1. The van der Waals surface area contributed by atoms with E-state index in [2.05, 4.69) is 5.32 Å². The largest absolute Gasteiger partial charge is 0.322 e. The van der Waals surface area contributed by atoms with Gasteiger partial charge in [-0.15, -0.1) is 0 Å². The molecule has 0 aliphatic carbocycles. The topological polar surface area (TPSA) is 52.9 Å². The first kappa shape index (κ1) is 13.3. The lowest BCUT2D eigenvalue weighted by Crippen LogP contribution is -2.13. The first-order valence-electron chi connectivity index (χ1n) is 5.10. The number of halogens is 1. The third-order valence-electron chi connectivity index (χ3n) is 2.44. The van der Waals surface area contributed by atoms with Crippen molar-refractivity contribution in [1.82, 2.24) is 0 Å². The average Bonchev–Trinajstić information content (AvgIpc) is 2.30. The van der Waals surface area contributed by atoms with Crippen LogP contribution in [0.5, 0.6) is 0 Å². The van der Waals surface area contributed by atoms with E-state index in [9.17, 15) is 4.79 Å². The van der Waals surface area contributed by atoms with Gasteiger partial charge in [0.1, 0.15) is 6.07 Å². The summed E-state index contributed by atoms with van der Waals surface area (Å²) in [5.41, 5.74) is 2.53. The molecule has 1 amide bonds. The number of allylic oxidation sites excluding steroid dienone is 1. The highest BCUT2D eigenvalue weighted by Crippen LogP contribution is 2.20. The van der Waals surface area contributed by atoms with Crippen LogP contribution >= 0.6 is 11.6 Å². The number of rotatable bonds is 2. The van der Waals surface area contributed by atoms with Crippen LogP contribution in [0.4, 0.5) is 5.69 Å². The molecule has 0 radical (unpaired) electrons. The third-order valence-corrected chi connectivity index (χ3v) is 2.76. The number of carbonyl (C=O) groups excluding carboxylic acids is 1. The van der Waals surface area contributed by atoms with Crippen molar-refractivity contribution in [2.75, 3.05) is 5.32 Å². The maximum Gasteiger partial charge on any atom is 0.251 e. The number of nitrogens with zero attached hydrogens (tertiary/aromatic N) is 1. The molecule has 0 spiro atoms. The molecule has 1 aromatic carbocycles. The van der Waals surface area contributed by atoms with Gasteiger partial charge < -0.3 is 5.32 Å². The number of nitrogens with one attached hydrogen (secondary N) is 1. The van der Waals surface area contributed by atoms with E-state index >= 15 is 0 Å². The van der Waals surface area contributed by atoms with Gasteiger partial charge in [0.25, 0.3) is 5.91 Å². The Morgan fingerprint density at radius 2 is 2.00 bits per heavy atom. The summed E-state index contributed by atoms with van der Waals surface area (Å²) in [5, 5.41) is 11.9. The van der Waals surface area contributed by atoms with Crippen LogP contribution in [-0.2, 0) is 4.79 Å². The zero-order valence-corrected chi connectivity index (χ0v) is 10.7. The number of nitriles is 1. The van der Waals surface area contributed by atoms with Crippen molar-refractivity contribution in [2.24, 2.45) is 0 Å². The summed E-state index contributed by atoms with van der Waals surface area (Å²) in [6, 6.07) is 6.78. The Balaban J connectivity index is 2.95. The van der Waals surface area contributed by atoms with Crippen molar-refractivity contribution in [2.45, 2.75) is 20.8 Å².